The summed E-state index contributed by atoms with van der Waals surface area (Å²) in [5.74, 6) is -1.02. The van der Waals surface area contributed by atoms with Crippen LogP contribution >= 0.6 is 0 Å². The number of hydrogen-bond donors (Lipinski definition) is 1. The molecule has 0 amide bonds. The molecule has 1 aromatic carbocycles. The van der Waals surface area contributed by atoms with E-state index in [0.717, 1.165) is 51.5 Å². The second-order valence-electron chi connectivity index (χ2n) is 5.44. The summed E-state index contributed by atoms with van der Waals surface area (Å²) >= 11 is 0. The lowest BCUT2D eigenvalue weighted by molar-refractivity contribution is 0.257. The summed E-state index contributed by atoms with van der Waals surface area (Å²) in [7, 11) is 0. The van der Waals surface area contributed by atoms with E-state index in [9.17, 15) is 8.78 Å². The first-order valence-electron chi connectivity index (χ1n) is 8.02. The largest absolute Gasteiger partial charge is 0.310 e. The lowest BCUT2D eigenvalue weighted by Gasteiger charge is -2.25. The smallest absolute Gasteiger partial charge is 0.126 e. The van der Waals surface area contributed by atoms with Gasteiger partial charge in [-0.05, 0) is 63.1 Å². The van der Waals surface area contributed by atoms with Crippen LogP contribution in [-0.2, 0) is 0 Å². The Hall–Kier alpha value is -1.00. The molecule has 1 atom stereocenters. The van der Waals surface area contributed by atoms with Gasteiger partial charge in [-0.3, -0.25) is 0 Å². The maximum atomic E-state index is 13.4. The minimum atomic E-state index is -0.508. The summed E-state index contributed by atoms with van der Waals surface area (Å²) in [6.07, 6.45) is 3.11. The van der Waals surface area contributed by atoms with Crippen molar-refractivity contribution in [3.63, 3.8) is 0 Å². The monoisotopic (exact) mass is 298 g/mol. The molecule has 0 saturated heterocycles. The topological polar surface area (TPSA) is 15.3 Å². The zero-order chi connectivity index (χ0) is 15.7. The molecule has 120 valence electrons. The van der Waals surface area contributed by atoms with Gasteiger partial charge in [0.2, 0.25) is 0 Å². The van der Waals surface area contributed by atoms with E-state index in [4.69, 9.17) is 0 Å². The molecule has 21 heavy (non-hydrogen) atoms. The van der Waals surface area contributed by atoms with E-state index in [2.05, 4.69) is 24.1 Å². The van der Waals surface area contributed by atoms with Crippen LogP contribution in [0.3, 0.4) is 0 Å². The van der Waals surface area contributed by atoms with Crippen LogP contribution in [0, 0.1) is 11.6 Å². The quantitative estimate of drug-likeness (QED) is 0.699. The zero-order valence-corrected chi connectivity index (χ0v) is 13.5. The Balaban J connectivity index is 2.72. The Morgan fingerprint density at radius 3 is 2.00 bits per heavy atom. The zero-order valence-electron chi connectivity index (χ0n) is 13.5. The van der Waals surface area contributed by atoms with Gasteiger partial charge in [0, 0.05) is 12.1 Å². The molecule has 4 heteroatoms. The molecule has 2 nitrogen and oxygen atoms in total. The van der Waals surface area contributed by atoms with Crippen molar-refractivity contribution < 1.29 is 8.78 Å². The van der Waals surface area contributed by atoms with Gasteiger partial charge in [0.1, 0.15) is 11.6 Å². The molecule has 0 aromatic heterocycles. The van der Waals surface area contributed by atoms with Crippen molar-refractivity contribution >= 4 is 0 Å². The fourth-order valence-electron chi connectivity index (χ4n) is 2.69. The molecule has 0 spiro atoms. The molecule has 1 unspecified atom stereocenters. The van der Waals surface area contributed by atoms with E-state index in [-0.39, 0.29) is 6.04 Å². The summed E-state index contributed by atoms with van der Waals surface area (Å²) in [5.41, 5.74) is 0.697. The summed E-state index contributed by atoms with van der Waals surface area (Å²) in [6.45, 7) is 10.2. The molecule has 1 aromatic rings. The predicted octanol–water partition coefficient (Wildman–Crippen LogP) is 4.13. The first-order chi connectivity index (χ1) is 10.1. The third-order valence-electron chi connectivity index (χ3n) is 3.55. The minimum absolute atomic E-state index is 0.00332. The average molecular weight is 298 g/mol. The van der Waals surface area contributed by atoms with Gasteiger partial charge in [-0.2, -0.15) is 0 Å². The summed E-state index contributed by atoms with van der Waals surface area (Å²) in [5, 5.41) is 3.33. The van der Waals surface area contributed by atoms with Crippen LogP contribution in [0.2, 0.25) is 0 Å². The molecule has 0 radical (unpaired) electrons. The Kier molecular flexibility index (Phi) is 8.47. The van der Waals surface area contributed by atoms with E-state index in [0.29, 0.717) is 5.56 Å². The van der Waals surface area contributed by atoms with Gasteiger partial charge in [-0.25, -0.2) is 8.78 Å². The van der Waals surface area contributed by atoms with E-state index < -0.39 is 11.6 Å². The second-order valence-corrected chi connectivity index (χ2v) is 5.44. The van der Waals surface area contributed by atoms with Crippen LogP contribution in [0.5, 0.6) is 0 Å². The number of hydrogen-bond acceptors (Lipinski definition) is 2. The Bertz CT molecular complexity index is 384. The van der Waals surface area contributed by atoms with Crippen molar-refractivity contribution in [2.45, 2.75) is 46.1 Å². The second kappa shape index (κ2) is 9.85. The van der Waals surface area contributed by atoms with Crippen LogP contribution in [0.25, 0.3) is 0 Å². The highest BCUT2D eigenvalue weighted by atomic mass is 19.1. The van der Waals surface area contributed by atoms with Crippen LogP contribution < -0.4 is 5.32 Å². The van der Waals surface area contributed by atoms with E-state index in [1.165, 1.54) is 12.1 Å². The average Bonchev–Trinajstić information content (AvgIpc) is 2.42. The molecule has 0 aliphatic carbocycles. The highest BCUT2D eigenvalue weighted by Crippen LogP contribution is 2.20. The maximum Gasteiger partial charge on any atom is 0.126 e. The maximum absolute atomic E-state index is 13.4. The Labute approximate surface area is 127 Å². The SMILES string of the molecule is CCCN(CCC)CCC(NCC)c1cc(F)cc(F)c1. The van der Waals surface area contributed by atoms with Crippen molar-refractivity contribution in [1.82, 2.24) is 10.2 Å². The van der Waals surface area contributed by atoms with Gasteiger partial charge in [0.05, 0.1) is 0 Å². The predicted molar refractivity (Wildman–Crippen MR) is 84.4 cm³/mol. The standard InChI is InChI=1S/C17H28F2N2/c1-4-8-21(9-5-2)10-7-17(20-6-3)14-11-15(18)13-16(19)12-14/h11-13,17,20H,4-10H2,1-3H3. The molecule has 0 bridgehead atoms. The molecule has 1 rings (SSSR count). The normalized spacial score (nSPS) is 12.9. The van der Waals surface area contributed by atoms with Crippen molar-refractivity contribution in [3.05, 3.63) is 35.4 Å². The molecule has 0 aliphatic rings. The number of rotatable bonds is 10. The van der Waals surface area contributed by atoms with Crippen molar-refractivity contribution in [3.8, 4) is 0 Å². The van der Waals surface area contributed by atoms with Gasteiger partial charge < -0.3 is 10.2 Å². The van der Waals surface area contributed by atoms with Gasteiger partial charge >= 0.3 is 0 Å². The molecular weight excluding hydrogens is 270 g/mol. The van der Waals surface area contributed by atoms with Crippen molar-refractivity contribution in [1.29, 1.82) is 0 Å². The molecular formula is C17H28F2N2. The number of nitrogens with one attached hydrogen (secondary N) is 1. The number of halogens is 2. The van der Waals surface area contributed by atoms with Crippen molar-refractivity contribution in [2.75, 3.05) is 26.2 Å². The first kappa shape index (κ1) is 18.1. The highest BCUT2D eigenvalue weighted by molar-refractivity contribution is 5.21. The number of benzene rings is 1. The van der Waals surface area contributed by atoms with Crippen molar-refractivity contribution in [2.24, 2.45) is 0 Å². The summed E-state index contributed by atoms with van der Waals surface area (Å²) < 4.78 is 26.8. The lowest BCUT2D eigenvalue weighted by atomic mass is 10.0. The van der Waals surface area contributed by atoms with E-state index >= 15 is 0 Å². The first-order valence-corrected chi connectivity index (χ1v) is 8.02. The van der Waals surface area contributed by atoms with Gasteiger partial charge in [-0.1, -0.05) is 20.8 Å². The third kappa shape index (κ3) is 6.53. The van der Waals surface area contributed by atoms with Crippen LogP contribution in [0.4, 0.5) is 8.78 Å². The molecule has 0 aliphatic heterocycles. The van der Waals surface area contributed by atoms with Gasteiger partial charge in [-0.15, -0.1) is 0 Å². The fourth-order valence-corrected chi connectivity index (χ4v) is 2.69. The Morgan fingerprint density at radius 2 is 1.52 bits per heavy atom. The molecule has 0 heterocycles. The van der Waals surface area contributed by atoms with Crippen LogP contribution in [-0.4, -0.2) is 31.1 Å². The molecule has 1 N–H and O–H groups in total. The number of nitrogens with zero attached hydrogens (tertiary/aromatic N) is 1. The van der Waals surface area contributed by atoms with E-state index in [1.807, 2.05) is 6.92 Å². The van der Waals surface area contributed by atoms with Gasteiger partial charge in [0.25, 0.3) is 0 Å². The van der Waals surface area contributed by atoms with Crippen LogP contribution in [0.1, 0.15) is 51.6 Å². The van der Waals surface area contributed by atoms with Crippen LogP contribution in [0.15, 0.2) is 18.2 Å². The summed E-state index contributed by atoms with van der Waals surface area (Å²) in [4.78, 5) is 2.42. The Morgan fingerprint density at radius 1 is 0.952 bits per heavy atom. The molecule has 0 saturated carbocycles. The third-order valence-corrected chi connectivity index (χ3v) is 3.55. The lowest BCUT2D eigenvalue weighted by Crippen LogP contribution is -2.31. The minimum Gasteiger partial charge on any atom is -0.310 e. The molecule has 0 fully saturated rings. The van der Waals surface area contributed by atoms with Gasteiger partial charge in [0.15, 0.2) is 0 Å². The summed E-state index contributed by atoms with van der Waals surface area (Å²) in [6, 6.07) is 3.78. The highest BCUT2D eigenvalue weighted by Gasteiger charge is 2.14. The fraction of sp³-hybridized carbons (Fsp3) is 0.647. The van der Waals surface area contributed by atoms with E-state index in [1.54, 1.807) is 0 Å².